The Balaban J connectivity index is 2.14. The van der Waals surface area contributed by atoms with Crippen LogP contribution in [0, 0.1) is 5.92 Å². The molecule has 0 unspecified atom stereocenters. The van der Waals surface area contributed by atoms with Crippen LogP contribution < -0.4 is 5.32 Å². The normalized spacial score (nSPS) is 28.4. The van der Waals surface area contributed by atoms with Crippen molar-refractivity contribution in [3.63, 3.8) is 0 Å². The van der Waals surface area contributed by atoms with Crippen LogP contribution in [0.1, 0.15) is 17.9 Å². The molecule has 5 heteroatoms. The van der Waals surface area contributed by atoms with Gasteiger partial charge in [-0.15, -0.1) is 0 Å². The molecule has 0 bridgehead atoms. The van der Waals surface area contributed by atoms with Gasteiger partial charge in [-0.2, -0.15) is 0 Å². The highest BCUT2D eigenvalue weighted by Gasteiger charge is 2.41. The second kappa shape index (κ2) is 4.18. The molecule has 0 saturated carbocycles. The average Bonchev–Trinajstić information content (AvgIpc) is 2.76. The molecule has 3 atom stereocenters. The molecule has 18 heavy (non-hydrogen) atoms. The molecule has 1 heterocycles. The summed E-state index contributed by atoms with van der Waals surface area (Å²) in [5, 5.41) is 13.4. The number of rotatable bonds is 1. The van der Waals surface area contributed by atoms with Crippen LogP contribution in [0.5, 0.6) is 0 Å². The zero-order chi connectivity index (χ0) is 12.9. The van der Waals surface area contributed by atoms with E-state index in [1.165, 1.54) is 0 Å². The third kappa shape index (κ3) is 1.70. The van der Waals surface area contributed by atoms with Crippen LogP contribution in [-0.2, 0) is 4.79 Å². The molecule has 0 saturated heterocycles. The summed E-state index contributed by atoms with van der Waals surface area (Å²) in [5.74, 6) is -0.728. The topological polar surface area (TPSA) is 49.3 Å². The van der Waals surface area contributed by atoms with Gasteiger partial charge in [0, 0.05) is 16.9 Å². The number of halogens is 2. The van der Waals surface area contributed by atoms with E-state index in [1.54, 1.807) is 6.07 Å². The lowest BCUT2D eigenvalue weighted by molar-refractivity contribution is -0.139. The van der Waals surface area contributed by atoms with Crippen molar-refractivity contribution in [2.75, 3.05) is 5.32 Å². The van der Waals surface area contributed by atoms with Gasteiger partial charge in [-0.3, -0.25) is 0 Å². The Bertz CT molecular complexity index is 556. The van der Waals surface area contributed by atoms with Gasteiger partial charge < -0.3 is 10.4 Å². The van der Waals surface area contributed by atoms with Crippen LogP contribution in [0.4, 0.5) is 5.69 Å². The molecule has 2 aliphatic rings. The van der Waals surface area contributed by atoms with Crippen LogP contribution in [-0.4, -0.2) is 17.1 Å². The average molecular weight is 284 g/mol. The minimum atomic E-state index is -0.842. The van der Waals surface area contributed by atoms with Crippen molar-refractivity contribution in [2.24, 2.45) is 5.92 Å². The number of carbonyl (C=O) groups is 1. The monoisotopic (exact) mass is 283 g/mol. The molecule has 3 nitrogen and oxygen atoms in total. The number of aliphatic carboxylic acids is 1. The first-order valence-electron chi connectivity index (χ1n) is 5.73. The maximum absolute atomic E-state index is 11.3. The summed E-state index contributed by atoms with van der Waals surface area (Å²) >= 11 is 12.2. The quantitative estimate of drug-likeness (QED) is 0.775. The summed E-state index contributed by atoms with van der Waals surface area (Å²) in [5.41, 5.74) is 1.69. The van der Waals surface area contributed by atoms with Gasteiger partial charge in [0.25, 0.3) is 0 Å². The van der Waals surface area contributed by atoms with Crippen molar-refractivity contribution < 1.29 is 9.90 Å². The molecule has 0 fully saturated rings. The number of nitrogens with one attached hydrogen (secondary N) is 1. The van der Waals surface area contributed by atoms with Crippen LogP contribution in [0.2, 0.25) is 10.0 Å². The number of hydrogen-bond donors (Lipinski definition) is 2. The second-order valence-electron chi connectivity index (χ2n) is 4.67. The van der Waals surface area contributed by atoms with Crippen molar-refractivity contribution in [1.29, 1.82) is 0 Å². The first-order valence-corrected chi connectivity index (χ1v) is 6.48. The SMILES string of the molecule is O=C(O)[C@@H]1Nc2c(Cl)cc(Cl)cc2[C@H]2C=CC[C@H]21. The first-order chi connectivity index (χ1) is 8.58. The van der Waals surface area contributed by atoms with E-state index in [0.29, 0.717) is 15.7 Å². The molecule has 0 aromatic heterocycles. The van der Waals surface area contributed by atoms with E-state index in [9.17, 15) is 9.90 Å². The Morgan fingerprint density at radius 2 is 2.17 bits per heavy atom. The molecular formula is C13H11Cl2NO2. The lowest BCUT2D eigenvalue weighted by Crippen LogP contribution is -2.41. The number of benzene rings is 1. The Morgan fingerprint density at radius 1 is 1.39 bits per heavy atom. The third-order valence-corrected chi connectivity index (χ3v) is 4.17. The molecule has 0 radical (unpaired) electrons. The molecular weight excluding hydrogens is 273 g/mol. The van der Waals surface area contributed by atoms with Gasteiger partial charge in [0.1, 0.15) is 6.04 Å². The Hall–Kier alpha value is -1.19. The molecule has 1 aliphatic heterocycles. The van der Waals surface area contributed by atoms with E-state index >= 15 is 0 Å². The van der Waals surface area contributed by atoms with Crippen LogP contribution in [0.15, 0.2) is 24.3 Å². The van der Waals surface area contributed by atoms with Gasteiger partial charge in [-0.1, -0.05) is 35.4 Å². The molecule has 1 aliphatic carbocycles. The number of fused-ring (bicyclic) bond motifs is 3. The van der Waals surface area contributed by atoms with E-state index in [4.69, 9.17) is 23.2 Å². The molecule has 3 rings (SSSR count). The Morgan fingerprint density at radius 3 is 2.89 bits per heavy atom. The second-order valence-corrected chi connectivity index (χ2v) is 5.51. The Kier molecular flexibility index (Phi) is 2.76. The fourth-order valence-corrected chi connectivity index (χ4v) is 3.43. The summed E-state index contributed by atoms with van der Waals surface area (Å²) in [4.78, 5) is 11.3. The van der Waals surface area contributed by atoms with Gasteiger partial charge in [-0.05, 0) is 24.1 Å². The van der Waals surface area contributed by atoms with Crippen molar-refractivity contribution in [2.45, 2.75) is 18.4 Å². The van der Waals surface area contributed by atoms with Crippen molar-refractivity contribution in [1.82, 2.24) is 0 Å². The van der Waals surface area contributed by atoms with Crippen LogP contribution in [0.25, 0.3) is 0 Å². The van der Waals surface area contributed by atoms with E-state index < -0.39 is 12.0 Å². The molecule has 1 aromatic carbocycles. The largest absolute Gasteiger partial charge is 0.480 e. The maximum Gasteiger partial charge on any atom is 0.326 e. The fourth-order valence-electron chi connectivity index (χ4n) is 2.87. The van der Waals surface area contributed by atoms with Gasteiger partial charge >= 0.3 is 5.97 Å². The zero-order valence-corrected chi connectivity index (χ0v) is 10.9. The standard InChI is InChI=1S/C13H11Cl2NO2/c14-6-4-9-7-2-1-3-8(7)12(13(17)18)16-11(9)10(15)5-6/h1-2,4-5,7-8,12,16H,3H2,(H,17,18)/t7-,8+,12+/m0/s1. The maximum atomic E-state index is 11.3. The zero-order valence-electron chi connectivity index (χ0n) is 9.36. The van der Waals surface area contributed by atoms with Gasteiger partial charge in [0.2, 0.25) is 0 Å². The summed E-state index contributed by atoms with van der Waals surface area (Å²) in [6.07, 6.45) is 4.84. The van der Waals surface area contributed by atoms with E-state index in [-0.39, 0.29) is 11.8 Å². The summed E-state index contributed by atoms with van der Waals surface area (Å²) < 4.78 is 0. The number of carboxylic acids is 1. The highest BCUT2D eigenvalue weighted by molar-refractivity contribution is 6.36. The van der Waals surface area contributed by atoms with Crippen LogP contribution >= 0.6 is 23.2 Å². The van der Waals surface area contributed by atoms with E-state index in [1.807, 2.05) is 18.2 Å². The van der Waals surface area contributed by atoms with Gasteiger partial charge in [0.05, 0.1) is 10.7 Å². The predicted octanol–water partition coefficient (Wildman–Crippen LogP) is 3.53. The number of anilines is 1. The minimum Gasteiger partial charge on any atom is -0.480 e. The van der Waals surface area contributed by atoms with E-state index in [2.05, 4.69) is 5.32 Å². The smallest absolute Gasteiger partial charge is 0.326 e. The summed E-state index contributed by atoms with van der Waals surface area (Å²) in [7, 11) is 0. The molecule has 0 amide bonds. The van der Waals surface area contributed by atoms with Crippen molar-refractivity contribution in [3.05, 3.63) is 39.9 Å². The van der Waals surface area contributed by atoms with E-state index in [0.717, 1.165) is 12.0 Å². The summed E-state index contributed by atoms with van der Waals surface area (Å²) in [6.45, 7) is 0. The van der Waals surface area contributed by atoms with Gasteiger partial charge in [-0.25, -0.2) is 4.79 Å². The lowest BCUT2D eigenvalue weighted by Gasteiger charge is -2.35. The minimum absolute atomic E-state index is 0.0320. The molecule has 0 spiro atoms. The molecule has 1 aromatic rings. The van der Waals surface area contributed by atoms with Crippen LogP contribution in [0.3, 0.4) is 0 Å². The molecule has 94 valence electrons. The lowest BCUT2D eigenvalue weighted by atomic mass is 9.79. The van der Waals surface area contributed by atoms with Crippen molar-refractivity contribution in [3.8, 4) is 0 Å². The number of carboxylic acid groups (broad SMARTS) is 1. The fraction of sp³-hybridized carbons (Fsp3) is 0.308. The van der Waals surface area contributed by atoms with Gasteiger partial charge in [0.15, 0.2) is 0 Å². The number of hydrogen-bond acceptors (Lipinski definition) is 2. The highest BCUT2D eigenvalue weighted by Crippen LogP contribution is 2.47. The predicted molar refractivity (Wildman–Crippen MR) is 71.5 cm³/mol. The molecule has 2 N–H and O–H groups in total. The summed E-state index contributed by atoms with van der Waals surface area (Å²) in [6, 6.07) is 2.89. The highest BCUT2D eigenvalue weighted by atomic mass is 35.5. The van der Waals surface area contributed by atoms with Crippen molar-refractivity contribution >= 4 is 34.9 Å². The number of allylic oxidation sites excluding steroid dienone is 2. The third-order valence-electron chi connectivity index (χ3n) is 3.65. The Labute approximate surface area is 114 Å². The first kappa shape index (κ1) is 11.9.